The number of amides is 1. The standard InChI is InChI=1S/C29H30N6O4/c1-34(2)27-22(18-26(36)37)28(35-13-15-39-16-14-35)33-25(32-27)17-19-7-10-21(11-8-19)30-29(38)24-12-9-20-5-3-4-6-23(20)31-24/h3-12H,13-18H2,1-2H3,(H,30,38)(H,36,37). The molecule has 1 aliphatic heterocycles. The largest absolute Gasteiger partial charge is 0.481 e. The Kier molecular flexibility index (Phi) is 7.64. The quantitative estimate of drug-likeness (QED) is 0.356. The van der Waals surface area contributed by atoms with Crippen molar-refractivity contribution in [1.29, 1.82) is 0 Å². The molecular weight excluding hydrogens is 496 g/mol. The molecule has 3 heterocycles. The number of carbonyl (C=O) groups excluding carboxylic acids is 1. The fourth-order valence-electron chi connectivity index (χ4n) is 4.58. The second-order valence-electron chi connectivity index (χ2n) is 9.55. The van der Waals surface area contributed by atoms with Crippen LogP contribution < -0.4 is 15.1 Å². The molecule has 10 nitrogen and oxygen atoms in total. The van der Waals surface area contributed by atoms with Crippen LogP contribution in [0.1, 0.15) is 27.4 Å². The van der Waals surface area contributed by atoms with Gasteiger partial charge >= 0.3 is 5.97 Å². The van der Waals surface area contributed by atoms with Gasteiger partial charge in [-0.1, -0.05) is 36.4 Å². The molecule has 1 amide bonds. The zero-order valence-corrected chi connectivity index (χ0v) is 21.9. The number of anilines is 3. The minimum Gasteiger partial charge on any atom is -0.481 e. The smallest absolute Gasteiger partial charge is 0.308 e. The van der Waals surface area contributed by atoms with E-state index < -0.39 is 5.97 Å². The Labute approximate surface area is 226 Å². The van der Waals surface area contributed by atoms with E-state index in [1.807, 2.05) is 73.6 Å². The van der Waals surface area contributed by atoms with E-state index >= 15 is 0 Å². The van der Waals surface area contributed by atoms with Crippen molar-refractivity contribution >= 4 is 40.1 Å². The first-order valence-electron chi connectivity index (χ1n) is 12.7. The highest BCUT2D eigenvalue weighted by Crippen LogP contribution is 2.29. The summed E-state index contributed by atoms with van der Waals surface area (Å²) in [5.41, 5.74) is 3.32. The van der Waals surface area contributed by atoms with Crippen LogP contribution in [0.4, 0.5) is 17.3 Å². The predicted octanol–water partition coefficient (Wildman–Crippen LogP) is 3.40. The number of aromatic nitrogens is 3. The van der Waals surface area contributed by atoms with Gasteiger partial charge in [-0.15, -0.1) is 0 Å². The van der Waals surface area contributed by atoms with Crippen LogP contribution in [0.3, 0.4) is 0 Å². The highest BCUT2D eigenvalue weighted by atomic mass is 16.5. The van der Waals surface area contributed by atoms with Crippen molar-refractivity contribution in [3.63, 3.8) is 0 Å². The number of para-hydroxylation sites is 1. The maximum Gasteiger partial charge on any atom is 0.308 e. The van der Waals surface area contributed by atoms with Gasteiger partial charge in [-0.25, -0.2) is 15.0 Å². The van der Waals surface area contributed by atoms with E-state index in [4.69, 9.17) is 14.7 Å². The number of carboxylic acids is 1. The Hall–Kier alpha value is -4.57. The topological polar surface area (TPSA) is 121 Å². The number of rotatable bonds is 8. The molecule has 2 N–H and O–H groups in total. The summed E-state index contributed by atoms with van der Waals surface area (Å²) < 4.78 is 5.49. The molecule has 200 valence electrons. The zero-order chi connectivity index (χ0) is 27.4. The number of nitrogens with one attached hydrogen (secondary N) is 1. The highest BCUT2D eigenvalue weighted by Gasteiger charge is 2.24. The summed E-state index contributed by atoms with van der Waals surface area (Å²) in [7, 11) is 3.70. The van der Waals surface area contributed by atoms with Gasteiger partial charge in [0.1, 0.15) is 23.2 Å². The minimum absolute atomic E-state index is 0.166. The second-order valence-corrected chi connectivity index (χ2v) is 9.55. The molecule has 1 saturated heterocycles. The summed E-state index contributed by atoms with van der Waals surface area (Å²) >= 11 is 0. The van der Waals surface area contributed by atoms with Crippen molar-refractivity contribution in [1.82, 2.24) is 15.0 Å². The van der Waals surface area contributed by atoms with Crippen molar-refractivity contribution in [2.75, 3.05) is 55.5 Å². The summed E-state index contributed by atoms with van der Waals surface area (Å²) in [6, 6.07) is 18.8. The molecule has 0 bridgehead atoms. The van der Waals surface area contributed by atoms with E-state index in [1.165, 1.54) is 0 Å². The van der Waals surface area contributed by atoms with Crippen LogP contribution in [0.25, 0.3) is 10.9 Å². The summed E-state index contributed by atoms with van der Waals surface area (Å²) in [5, 5.41) is 13.4. The molecule has 5 rings (SSSR count). The van der Waals surface area contributed by atoms with Gasteiger partial charge in [0.15, 0.2) is 0 Å². The van der Waals surface area contributed by atoms with Crippen LogP contribution in [0.5, 0.6) is 0 Å². The van der Waals surface area contributed by atoms with Gasteiger partial charge in [-0.05, 0) is 29.8 Å². The van der Waals surface area contributed by atoms with Gasteiger partial charge in [-0.3, -0.25) is 9.59 Å². The zero-order valence-electron chi connectivity index (χ0n) is 21.9. The van der Waals surface area contributed by atoms with Gasteiger partial charge in [-0.2, -0.15) is 0 Å². The van der Waals surface area contributed by atoms with Gasteiger partial charge in [0.05, 0.1) is 25.2 Å². The number of morpholine rings is 1. The molecule has 1 aliphatic rings. The highest BCUT2D eigenvalue weighted by molar-refractivity contribution is 6.04. The Morgan fingerprint density at radius 2 is 1.72 bits per heavy atom. The summed E-state index contributed by atoms with van der Waals surface area (Å²) in [5.74, 6) is 0.612. The lowest BCUT2D eigenvalue weighted by molar-refractivity contribution is -0.136. The van der Waals surface area contributed by atoms with Crippen LogP contribution in [-0.4, -0.2) is 72.3 Å². The van der Waals surface area contributed by atoms with E-state index in [1.54, 1.807) is 6.07 Å². The van der Waals surface area contributed by atoms with Crippen LogP contribution in [-0.2, 0) is 22.4 Å². The SMILES string of the molecule is CN(C)c1nc(Cc2ccc(NC(=O)c3ccc4ccccc4n3)cc2)nc(N2CCOCC2)c1CC(=O)O. The fourth-order valence-corrected chi connectivity index (χ4v) is 4.58. The third-order valence-electron chi connectivity index (χ3n) is 6.48. The summed E-state index contributed by atoms with van der Waals surface area (Å²) in [4.78, 5) is 42.3. The molecule has 0 radical (unpaired) electrons. The van der Waals surface area contributed by atoms with Gasteiger partial charge < -0.3 is 25.0 Å². The number of hydrogen-bond acceptors (Lipinski definition) is 8. The lowest BCUT2D eigenvalue weighted by atomic mass is 10.1. The van der Waals surface area contributed by atoms with E-state index in [9.17, 15) is 14.7 Å². The number of nitrogens with zero attached hydrogens (tertiary/aromatic N) is 5. The summed E-state index contributed by atoms with van der Waals surface area (Å²) in [6.45, 7) is 2.39. The molecule has 2 aromatic heterocycles. The molecule has 0 aliphatic carbocycles. The van der Waals surface area contributed by atoms with Gasteiger partial charge in [0.25, 0.3) is 5.91 Å². The number of fused-ring (bicyclic) bond motifs is 1. The van der Waals surface area contributed by atoms with E-state index in [-0.39, 0.29) is 12.3 Å². The molecule has 39 heavy (non-hydrogen) atoms. The molecule has 2 aromatic carbocycles. The first-order valence-corrected chi connectivity index (χ1v) is 12.7. The molecule has 1 fully saturated rings. The van der Waals surface area contributed by atoms with Crippen LogP contribution >= 0.6 is 0 Å². The number of ether oxygens (including phenoxy) is 1. The van der Waals surface area contributed by atoms with Crippen LogP contribution in [0.15, 0.2) is 60.7 Å². The Morgan fingerprint density at radius 1 is 0.974 bits per heavy atom. The Balaban J connectivity index is 1.35. The first-order chi connectivity index (χ1) is 18.9. The van der Waals surface area contributed by atoms with E-state index in [0.29, 0.717) is 67.1 Å². The number of carboxylic acid groups (broad SMARTS) is 1. The normalized spacial score (nSPS) is 13.3. The first kappa shape index (κ1) is 26.1. The Morgan fingerprint density at radius 3 is 2.44 bits per heavy atom. The van der Waals surface area contributed by atoms with Crippen molar-refractivity contribution < 1.29 is 19.4 Å². The van der Waals surface area contributed by atoms with Crippen molar-refractivity contribution in [3.05, 3.63) is 83.3 Å². The van der Waals surface area contributed by atoms with Crippen molar-refractivity contribution in [3.8, 4) is 0 Å². The maximum atomic E-state index is 12.8. The Bertz CT molecular complexity index is 1500. The van der Waals surface area contributed by atoms with E-state index in [0.717, 1.165) is 16.5 Å². The molecule has 4 aromatic rings. The molecular formula is C29H30N6O4. The third kappa shape index (κ3) is 6.12. The molecule has 10 heteroatoms. The number of hydrogen-bond donors (Lipinski definition) is 2. The summed E-state index contributed by atoms with van der Waals surface area (Å²) in [6.07, 6.45) is 0.285. The van der Waals surface area contributed by atoms with Crippen molar-refractivity contribution in [2.24, 2.45) is 0 Å². The lowest BCUT2D eigenvalue weighted by Gasteiger charge is -2.31. The minimum atomic E-state index is -0.930. The number of pyridine rings is 1. The van der Waals surface area contributed by atoms with Gasteiger partial charge in [0.2, 0.25) is 0 Å². The van der Waals surface area contributed by atoms with Crippen molar-refractivity contribution in [2.45, 2.75) is 12.8 Å². The molecule has 0 atom stereocenters. The average Bonchev–Trinajstić information content (AvgIpc) is 2.94. The number of benzene rings is 2. The van der Waals surface area contributed by atoms with Crippen LogP contribution in [0, 0.1) is 0 Å². The van der Waals surface area contributed by atoms with Gasteiger partial charge in [0, 0.05) is 50.2 Å². The average molecular weight is 527 g/mol. The maximum absolute atomic E-state index is 12.8. The fraction of sp³-hybridized carbons (Fsp3) is 0.276. The number of aliphatic carboxylic acids is 1. The molecule has 0 saturated carbocycles. The van der Waals surface area contributed by atoms with Crippen LogP contribution in [0.2, 0.25) is 0 Å². The molecule has 0 unspecified atom stereocenters. The molecule has 0 spiro atoms. The lowest BCUT2D eigenvalue weighted by Crippen LogP contribution is -2.38. The number of carbonyl (C=O) groups is 2. The monoisotopic (exact) mass is 526 g/mol. The third-order valence-corrected chi connectivity index (χ3v) is 6.48. The van der Waals surface area contributed by atoms with E-state index in [2.05, 4.69) is 15.2 Å². The second kappa shape index (κ2) is 11.4. The predicted molar refractivity (Wildman–Crippen MR) is 150 cm³/mol.